The van der Waals surface area contributed by atoms with Crippen LogP contribution in [0, 0.1) is 5.82 Å². The van der Waals surface area contributed by atoms with Crippen LogP contribution in [0.1, 0.15) is 19.8 Å². The van der Waals surface area contributed by atoms with E-state index in [1.165, 1.54) is 12.1 Å². The van der Waals surface area contributed by atoms with Crippen molar-refractivity contribution in [3.05, 3.63) is 30.1 Å². The predicted octanol–water partition coefficient (Wildman–Crippen LogP) is 1.32. The molecule has 1 amide bonds. The van der Waals surface area contributed by atoms with Crippen LogP contribution in [0.2, 0.25) is 0 Å². The molecule has 0 unspecified atom stereocenters. The molecule has 6 heteroatoms. The standard InChI is InChI=1S/C18H26FN3O2/c1-14(18(24)22-8-2-3-17(23)13-22)20-9-11-21(12-10-20)16-6-4-15(19)5-7-16/h4-7,14,17,23H,2-3,8-13H2,1H3/t14-,17+/m0/s1. The first-order valence-corrected chi connectivity index (χ1v) is 8.76. The number of piperazine rings is 1. The van der Waals surface area contributed by atoms with Crippen molar-refractivity contribution in [3.8, 4) is 0 Å². The van der Waals surface area contributed by atoms with E-state index in [0.717, 1.165) is 51.3 Å². The molecule has 2 fully saturated rings. The monoisotopic (exact) mass is 335 g/mol. The highest BCUT2D eigenvalue weighted by Gasteiger charge is 2.31. The third-order valence-corrected chi connectivity index (χ3v) is 5.12. The number of benzene rings is 1. The minimum atomic E-state index is -0.384. The van der Waals surface area contributed by atoms with Gasteiger partial charge in [0.1, 0.15) is 5.82 Å². The number of carbonyl (C=O) groups excluding carboxylic acids is 1. The fourth-order valence-electron chi connectivity index (χ4n) is 3.59. The van der Waals surface area contributed by atoms with Crippen LogP contribution in [0.3, 0.4) is 0 Å². The highest BCUT2D eigenvalue weighted by Crippen LogP contribution is 2.19. The van der Waals surface area contributed by atoms with E-state index >= 15 is 0 Å². The van der Waals surface area contributed by atoms with Crippen molar-refractivity contribution in [1.82, 2.24) is 9.80 Å². The molecule has 24 heavy (non-hydrogen) atoms. The van der Waals surface area contributed by atoms with Gasteiger partial charge in [-0.05, 0) is 44.0 Å². The van der Waals surface area contributed by atoms with E-state index < -0.39 is 0 Å². The molecule has 1 N–H and O–H groups in total. The number of carbonyl (C=O) groups is 1. The minimum absolute atomic E-state index is 0.115. The summed E-state index contributed by atoms with van der Waals surface area (Å²) in [7, 11) is 0. The van der Waals surface area contributed by atoms with Crippen molar-refractivity contribution < 1.29 is 14.3 Å². The van der Waals surface area contributed by atoms with Gasteiger partial charge in [0.05, 0.1) is 12.1 Å². The molecule has 0 radical (unpaired) electrons. The SMILES string of the molecule is C[C@@H](C(=O)N1CCC[C@@H](O)C1)N1CCN(c2ccc(F)cc2)CC1. The van der Waals surface area contributed by atoms with Crippen LogP contribution < -0.4 is 4.90 Å². The van der Waals surface area contributed by atoms with Gasteiger partial charge in [-0.3, -0.25) is 9.69 Å². The summed E-state index contributed by atoms with van der Waals surface area (Å²) in [4.78, 5) is 18.9. The summed E-state index contributed by atoms with van der Waals surface area (Å²) in [5.74, 6) is -0.107. The van der Waals surface area contributed by atoms with Gasteiger partial charge in [0, 0.05) is 45.0 Å². The van der Waals surface area contributed by atoms with Gasteiger partial charge in [-0.25, -0.2) is 4.39 Å². The maximum absolute atomic E-state index is 13.0. The first kappa shape index (κ1) is 17.2. The van der Waals surface area contributed by atoms with Gasteiger partial charge in [0.25, 0.3) is 0 Å². The largest absolute Gasteiger partial charge is 0.391 e. The van der Waals surface area contributed by atoms with Crippen LogP contribution in [0.25, 0.3) is 0 Å². The van der Waals surface area contributed by atoms with Crippen molar-refractivity contribution in [2.75, 3.05) is 44.2 Å². The molecule has 0 spiro atoms. The molecule has 0 bridgehead atoms. The molecule has 3 rings (SSSR count). The van der Waals surface area contributed by atoms with E-state index in [4.69, 9.17) is 0 Å². The molecule has 0 aliphatic carbocycles. The second kappa shape index (κ2) is 7.49. The van der Waals surface area contributed by atoms with Crippen LogP contribution in [0.15, 0.2) is 24.3 Å². The third kappa shape index (κ3) is 3.87. The predicted molar refractivity (Wildman–Crippen MR) is 91.5 cm³/mol. The van der Waals surface area contributed by atoms with Gasteiger partial charge >= 0.3 is 0 Å². The highest BCUT2D eigenvalue weighted by molar-refractivity contribution is 5.81. The molecule has 2 aliphatic heterocycles. The van der Waals surface area contributed by atoms with E-state index in [9.17, 15) is 14.3 Å². The summed E-state index contributed by atoms with van der Waals surface area (Å²) in [6, 6.07) is 6.40. The van der Waals surface area contributed by atoms with E-state index in [-0.39, 0.29) is 23.9 Å². The van der Waals surface area contributed by atoms with Crippen molar-refractivity contribution >= 4 is 11.6 Å². The second-order valence-electron chi connectivity index (χ2n) is 6.76. The molecule has 1 aromatic carbocycles. The van der Waals surface area contributed by atoms with Gasteiger partial charge < -0.3 is 14.9 Å². The summed E-state index contributed by atoms with van der Waals surface area (Å²) in [6.07, 6.45) is 1.28. The lowest BCUT2D eigenvalue weighted by atomic mass is 10.1. The number of nitrogens with zero attached hydrogens (tertiary/aromatic N) is 3. The quantitative estimate of drug-likeness (QED) is 0.905. The molecule has 132 valence electrons. The summed E-state index contributed by atoms with van der Waals surface area (Å²) < 4.78 is 13.0. The lowest BCUT2D eigenvalue weighted by Gasteiger charge is -2.40. The van der Waals surface area contributed by atoms with E-state index in [1.807, 2.05) is 6.92 Å². The van der Waals surface area contributed by atoms with Gasteiger partial charge in [-0.15, -0.1) is 0 Å². The van der Waals surface area contributed by atoms with Crippen molar-refractivity contribution in [3.63, 3.8) is 0 Å². The molecule has 2 heterocycles. The lowest BCUT2D eigenvalue weighted by Crippen LogP contribution is -2.56. The van der Waals surface area contributed by atoms with Gasteiger partial charge in [-0.2, -0.15) is 0 Å². The lowest BCUT2D eigenvalue weighted by molar-refractivity contribution is -0.139. The number of hydrogen-bond donors (Lipinski definition) is 1. The number of hydrogen-bond acceptors (Lipinski definition) is 4. The average Bonchev–Trinajstić information content (AvgIpc) is 2.61. The number of amides is 1. The number of anilines is 1. The summed E-state index contributed by atoms with van der Waals surface area (Å²) >= 11 is 0. The Balaban J connectivity index is 1.53. The summed E-state index contributed by atoms with van der Waals surface area (Å²) in [5, 5.41) is 9.76. The van der Waals surface area contributed by atoms with Crippen molar-refractivity contribution in [1.29, 1.82) is 0 Å². The maximum Gasteiger partial charge on any atom is 0.239 e. The Morgan fingerprint density at radius 1 is 1.17 bits per heavy atom. The fraction of sp³-hybridized carbons (Fsp3) is 0.611. The Hall–Kier alpha value is -1.66. The van der Waals surface area contributed by atoms with Gasteiger partial charge in [0.15, 0.2) is 0 Å². The zero-order chi connectivity index (χ0) is 17.1. The Labute approximate surface area is 142 Å². The number of likely N-dealkylation sites (tertiary alicyclic amines) is 1. The zero-order valence-electron chi connectivity index (χ0n) is 14.2. The number of β-amino-alcohol motifs (C(OH)–C–C–N with tert-alkyl or cyclic N) is 1. The van der Waals surface area contributed by atoms with Crippen LogP contribution in [-0.2, 0) is 4.79 Å². The Morgan fingerprint density at radius 2 is 1.83 bits per heavy atom. The van der Waals surface area contributed by atoms with Crippen LogP contribution in [0.5, 0.6) is 0 Å². The molecule has 2 aliphatic rings. The summed E-state index contributed by atoms with van der Waals surface area (Å²) in [6.45, 7) is 6.42. The average molecular weight is 335 g/mol. The Morgan fingerprint density at radius 3 is 2.46 bits per heavy atom. The second-order valence-corrected chi connectivity index (χ2v) is 6.76. The smallest absolute Gasteiger partial charge is 0.239 e. The maximum atomic E-state index is 13.0. The molecule has 2 atom stereocenters. The van der Waals surface area contributed by atoms with Gasteiger partial charge in [-0.1, -0.05) is 0 Å². The number of aliphatic hydroxyl groups excluding tert-OH is 1. The molecule has 0 saturated carbocycles. The number of aliphatic hydroxyl groups is 1. The Bertz CT molecular complexity index is 558. The normalized spacial score (nSPS) is 24.0. The molecule has 0 aromatic heterocycles. The molecular formula is C18H26FN3O2. The number of rotatable bonds is 3. The van der Waals surface area contributed by atoms with E-state index in [1.54, 1.807) is 17.0 Å². The first-order chi connectivity index (χ1) is 11.5. The minimum Gasteiger partial charge on any atom is -0.391 e. The van der Waals surface area contributed by atoms with Crippen molar-refractivity contribution in [2.45, 2.75) is 31.9 Å². The molecule has 2 saturated heterocycles. The van der Waals surface area contributed by atoms with Crippen LogP contribution >= 0.6 is 0 Å². The Kier molecular flexibility index (Phi) is 5.36. The topological polar surface area (TPSA) is 47.0 Å². The van der Waals surface area contributed by atoms with Gasteiger partial charge in [0.2, 0.25) is 5.91 Å². The van der Waals surface area contributed by atoms with E-state index in [0.29, 0.717) is 6.54 Å². The number of piperidine rings is 1. The highest BCUT2D eigenvalue weighted by atomic mass is 19.1. The van der Waals surface area contributed by atoms with Crippen LogP contribution in [-0.4, -0.2) is 72.2 Å². The fourth-order valence-corrected chi connectivity index (χ4v) is 3.59. The third-order valence-electron chi connectivity index (χ3n) is 5.12. The van der Waals surface area contributed by atoms with Crippen molar-refractivity contribution in [2.24, 2.45) is 0 Å². The summed E-state index contributed by atoms with van der Waals surface area (Å²) in [5.41, 5.74) is 1.02. The molecular weight excluding hydrogens is 309 g/mol. The molecule has 5 nitrogen and oxygen atoms in total. The zero-order valence-corrected chi connectivity index (χ0v) is 14.2. The van der Waals surface area contributed by atoms with E-state index in [2.05, 4.69) is 9.80 Å². The first-order valence-electron chi connectivity index (χ1n) is 8.76. The van der Waals surface area contributed by atoms with Crippen LogP contribution in [0.4, 0.5) is 10.1 Å². The molecule has 1 aromatic rings. The number of halogens is 1.